The average Bonchev–Trinajstić information content (AvgIpc) is 2.11. The number of rotatable bonds is 5. The first kappa shape index (κ1) is 12.3. The third kappa shape index (κ3) is 4.76. The fraction of sp³-hybridized carbons (Fsp3) is 0.571. The van der Waals surface area contributed by atoms with Crippen molar-refractivity contribution in [2.45, 2.75) is 13.0 Å². The Kier molecular flexibility index (Phi) is 5.52. The van der Waals surface area contributed by atoms with Gasteiger partial charge in [0, 0.05) is 7.05 Å². The molecule has 0 rings (SSSR count). The molecule has 0 aliphatic heterocycles. The zero-order valence-corrected chi connectivity index (χ0v) is 8.37. The predicted octanol–water partition coefficient (Wildman–Crippen LogP) is -0.170. The molecule has 0 aliphatic rings. The van der Waals surface area contributed by atoms with Crippen molar-refractivity contribution in [1.29, 1.82) is 0 Å². The molecule has 0 spiro atoms. The van der Waals surface area contributed by atoms with E-state index >= 15 is 0 Å². The summed E-state index contributed by atoms with van der Waals surface area (Å²) in [7, 11) is 1.55. The summed E-state index contributed by atoms with van der Waals surface area (Å²) in [5.41, 5.74) is 0. The minimum Gasteiger partial charge on any atom is -0.750 e. The van der Waals surface area contributed by atoms with E-state index in [4.69, 9.17) is 0 Å². The van der Waals surface area contributed by atoms with Gasteiger partial charge >= 0.3 is 0 Å². The Morgan fingerprint density at radius 1 is 1.85 bits per heavy atom. The Hall–Kier alpha value is -0.720. The van der Waals surface area contributed by atoms with Crippen molar-refractivity contribution in [1.82, 2.24) is 4.90 Å². The molecule has 0 bridgehead atoms. The van der Waals surface area contributed by atoms with Gasteiger partial charge in [0.2, 0.25) is 5.91 Å². The Labute approximate surface area is 79.9 Å². The molecule has 0 radical (unpaired) electrons. The van der Waals surface area contributed by atoms with Gasteiger partial charge in [-0.2, -0.15) is 0 Å². The second-order valence-electron chi connectivity index (χ2n) is 2.49. The van der Waals surface area contributed by atoms with Crippen LogP contribution in [0, 0.1) is 0 Å². The van der Waals surface area contributed by atoms with Crippen LogP contribution in [0.1, 0.15) is 6.92 Å². The maximum absolute atomic E-state index is 11.0. The molecule has 0 aromatic rings. The van der Waals surface area contributed by atoms with Gasteiger partial charge in [0.25, 0.3) is 0 Å². The summed E-state index contributed by atoms with van der Waals surface area (Å²) >= 11 is -2.53. The van der Waals surface area contributed by atoms with Gasteiger partial charge in [-0.25, -0.2) is 4.21 Å². The molecule has 0 fully saturated rings. The van der Waals surface area contributed by atoms with Crippen molar-refractivity contribution in [3.05, 3.63) is 12.7 Å². The second-order valence-corrected chi connectivity index (χ2v) is 3.13. The lowest BCUT2D eigenvalue weighted by Gasteiger charge is -2.23. The SMILES string of the molecule is C=CC(=O)N(C)C(C)COS(=O)[O-]. The first-order valence-corrected chi connectivity index (χ1v) is 4.60. The van der Waals surface area contributed by atoms with Crippen LogP contribution in [-0.2, 0) is 20.3 Å². The molecule has 0 aliphatic carbocycles. The van der Waals surface area contributed by atoms with E-state index in [1.807, 2.05) is 0 Å². The maximum Gasteiger partial charge on any atom is 0.246 e. The molecule has 0 saturated carbocycles. The van der Waals surface area contributed by atoms with Crippen LogP contribution >= 0.6 is 0 Å². The highest BCUT2D eigenvalue weighted by Gasteiger charge is 2.12. The van der Waals surface area contributed by atoms with E-state index in [1.165, 1.54) is 4.90 Å². The van der Waals surface area contributed by atoms with Crippen LogP contribution < -0.4 is 0 Å². The Morgan fingerprint density at radius 3 is 2.77 bits per heavy atom. The van der Waals surface area contributed by atoms with Crippen molar-refractivity contribution < 1.29 is 17.7 Å². The standard InChI is InChI=1S/C7H13NO4S/c1-4-7(9)8(3)6(2)5-12-13(10)11/h4,6H,1,5H2,2-3H3,(H,10,11)/p-1. The first-order valence-electron chi connectivity index (χ1n) is 3.60. The summed E-state index contributed by atoms with van der Waals surface area (Å²) in [6.45, 7) is 4.93. The fourth-order valence-corrected chi connectivity index (χ4v) is 0.935. The normalized spacial score (nSPS) is 14.7. The van der Waals surface area contributed by atoms with Gasteiger partial charge in [0.1, 0.15) is 0 Å². The highest BCUT2D eigenvalue weighted by Crippen LogP contribution is 1.98. The largest absolute Gasteiger partial charge is 0.750 e. The monoisotopic (exact) mass is 206 g/mol. The maximum atomic E-state index is 11.0. The predicted molar refractivity (Wildman–Crippen MR) is 47.3 cm³/mol. The molecule has 0 aromatic carbocycles. The smallest absolute Gasteiger partial charge is 0.246 e. The minimum absolute atomic E-state index is 0.0494. The van der Waals surface area contributed by atoms with Gasteiger partial charge in [-0.3, -0.25) is 8.98 Å². The molecule has 0 saturated heterocycles. The zero-order valence-electron chi connectivity index (χ0n) is 7.56. The van der Waals surface area contributed by atoms with Crippen LogP contribution in [0.15, 0.2) is 12.7 Å². The van der Waals surface area contributed by atoms with Crippen LogP contribution in [0.3, 0.4) is 0 Å². The van der Waals surface area contributed by atoms with Crippen molar-refractivity contribution >= 4 is 17.3 Å². The Morgan fingerprint density at radius 2 is 2.38 bits per heavy atom. The number of hydrogen-bond acceptors (Lipinski definition) is 4. The molecule has 2 atom stereocenters. The minimum atomic E-state index is -2.53. The first-order chi connectivity index (χ1) is 5.99. The van der Waals surface area contributed by atoms with E-state index in [1.54, 1.807) is 14.0 Å². The molecule has 1 amide bonds. The highest BCUT2D eigenvalue weighted by molar-refractivity contribution is 7.74. The molecule has 2 unspecified atom stereocenters. The summed E-state index contributed by atoms with van der Waals surface area (Å²) < 4.78 is 24.3. The van der Waals surface area contributed by atoms with Crippen molar-refractivity contribution in [3.63, 3.8) is 0 Å². The van der Waals surface area contributed by atoms with Crippen LogP contribution in [0.5, 0.6) is 0 Å². The fourth-order valence-electron chi connectivity index (χ4n) is 0.627. The van der Waals surface area contributed by atoms with Crippen LogP contribution in [0.25, 0.3) is 0 Å². The summed E-state index contributed by atoms with van der Waals surface area (Å²) in [6.07, 6.45) is 1.16. The molecule has 0 N–H and O–H groups in total. The summed E-state index contributed by atoms with van der Waals surface area (Å²) in [4.78, 5) is 12.3. The lowest BCUT2D eigenvalue weighted by Crippen LogP contribution is -2.37. The van der Waals surface area contributed by atoms with Crippen molar-refractivity contribution in [2.75, 3.05) is 13.7 Å². The van der Waals surface area contributed by atoms with Crippen molar-refractivity contribution in [2.24, 2.45) is 0 Å². The highest BCUT2D eigenvalue weighted by atomic mass is 32.2. The molecule has 0 aromatic heterocycles. The average molecular weight is 206 g/mol. The number of carbonyl (C=O) groups excluding carboxylic acids is 1. The van der Waals surface area contributed by atoms with E-state index in [-0.39, 0.29) is 18.6 Å². The van der Waals surface area contributed by atoms with Gasteiger partial charge < -0.3 is 9.45 Å². The van der Waals surface area contributed by atoms with Gasteiger partial charge in [-0.1, -0.05) is 6.58 Å². The van der Waals surface area contributed by atoms with Gasteiger partial charge in [0.05, 0.1) is 24.0 Å². The number of hydrogen-bond donors (Lipinski definition) is 0. The summed E-state index contributed by atoms with van der Waals surface area (Å²) in [6, 6.07) is -0.302. The number of nitrogens with zero attached hydrogens (tertiary/aromatic N) is 1. The van der Waals surface area contributed by atoms with Crippen LogP contribution in [0.4, 0.5) is 0 Å². The molecular weight excluding hydrogens is 194 g/mol. The van der Waals surface area contributed by atoms with Gasteiger partial charge in [-0.15, -0.1) is 0 Å². The van der Waals surface area contributed by atoms with Gasteiger partial charge in [-0.05, 0) is 13.0 Å². The van der Waals surface area contributed by atoms with Crippen molar-refractivity contribution in [3.8, 4) is 0 Å². The van der Waals surface area contributed by atoms with E-state index in [0.717, 1.165) is 6.08 Å². The quantitative estimate of drug-likeness (QED) is 0.462. The summed E-state index contributed by atoms with van der Waals surface area (Å²) in [5, 5.41) is 0. The second kappa shape index (κ2) is 5.85. The molecule has 0 heterocycles. The number of amides is 1. The lowest BCUT2D eigenvalue weighted by atomic mass is 10.3. The molecule has 5 nitrogen and oxygen atoms in total. The van der Waals surface area contributed by atoms with Gasteiger partial charge in [0.15, 0.2) is 0 Å². The van der Waals surface area contributed by atoms with E-state index in [9.17, 15) is 13.6 Å². The Balaban J connectivity index is 3.95. The third-order valence-corrected chi connectivity index (χ3v) is 1.92. The zero-order chi connectivity index (χ0) is 10.4. The summed E-state index contributed by atoms with van der Waals surface area (Å²) in [5.74, 6) is -0.271. The van der Waals surface area contributed by atoms with E-state index in [0.29, 0.717) is 0 Å². The number of likely N-dealkylation sites (N-methyl/N-ethyl adjacent to an activating group) is 1. The van der Waals surface area contributed by atoms with E-state index < -0.39 is 11.4 Å². The molecule has 6 heteroatoms. The molecule has 76 valence electrons. The number of carbonyl (C=O) groups is 1. The Bertz CT molecular complexity index is 219. The lowest BCUT2D eigenvalue weighted by molar-refractivity contribution is -0.127. The molecular formula is C7H12NO4S-. The van der Waals surface area contributed by atoms with Crippen LogP contribution in [-0.4, -0.2) is 39.3 Å². The van der Waals surface area contributed by atoms with Crippen LogP contribution in [0.2, 0.25) is 0 Å². The third-order valence-electron chi connectivity index (χ3n) is 1.59. The topological polar surface area (TPSA) is 69.7 Å². The molecule has 13 heavy (non-hydrogen) atoms. The van der Waals surface area contributed by atoms with E-state index in [2.05, 4.69) is 10.8 Å².